The quantitative estimate of drug-likeness (QED) is 0.889. The Bertz CT molecular complexity index is 466. The van der Waals surface area contributed by atoms with E-state index in [0.717, 1.165) is 0 Å². The molecule has 0 spiro atoms. The van der Waals surface area contributed by atoms with Gasteiger partial charge in [-0.15, -0.1) is 0 Å². The van der Waals surface area contributed by atoms with E-state index in [1.54, 1.807) is 12.1 Å². The van der Waals surface area contributed by atoms with Crippen LogP contribution in [0.15, 0.2) is 21.1 Å². The average molecular weight is 242 g/mol. The summed E-state index contributed by atoms with van der Waals surface area (Å²) in [5.41, 5.74) is 0. The lowest BCUT2D eigenvalue weighted by Gasteiger charge is -2.04. The molecule has 2 heterocycles. The molecule has 0 fully saturated rings. The first-order valence-electron chi connectivity index (χ1n) is 4.94. The highest BCUT2D eigenvalue weighted by molar-refractivity contribution is 6.28. The van der Waals surface area contributed by atoms with Crippen molar-refractivity contribution in [3.05, 3.63) is 23.2 Å². The van der Waals surface area contributed by atoms with Gasteiger partial charge in [-0.05, 0) is 37.7 Å². The third kappa shape index (κ3) is 2.43. The number of aromatic nitrogens is 2. The van der Waals surface area contributed by atoms with Gasteiger partial charge in [-0.1, -0.05) is 5.16 Å². The number of nitrogens with zero attached hydrogens (tertiary/aromatic N) is 2. The van der Waals surface area contributed by atoms with E-state index in [-0.39, 0.29) is 0 Å². The monoisotopic (exact) mass is 241 g/mol. The second-order valence-corrected chi connectivity index (χ2v) is 3.89. The maximum atomic E-state index is 5.66. The Hall–Kier alpha value is -1.33. The Kier molecular flexibility index (Phi) is 3.26. The Morgan fingerprint density at radius 3 is 2.94 bits per heavy atom. The van der Waals surface area contributed by atoms with Gasteiger partial charge < -0.3 is 14.3 Å². The van der Waals surface area contributed by atoms with Crippen molar-refractivity contribution < 1.29 is 8.94 Å². The lowest BCUT2D eigenvalue weighted by atomic mass is 10.2. The zero-order valence-electron chi connectivity index (χ0n) is 9.03. The van der Waals surface area contributed by atoms with Crippen LogP contribution in [0.25, 0.3) is 11.7 Å². The molecule has 1 atom stereocenters. The van der Waals surface area contributed by atoms with Crippen LogP contribution in [0, 0.1) is 0 Å². The van der Waals surface area contributed by atoms with Crippen LogP contribution in [0.2, 0.25) is 5.22 Å². The van der Waals surface area contributed by atoms with Crippen LogP contribution in [-0.4, -0.2) is 23.2 Å². The fourth-order valence-electron chi connectivity index (χ4n) is 1.24. The van der Waals surface area contributed by atoms with Gasteiger partial charge in [0.05, 0.1) is 0 Å². The van der Waals surface area contributed by atoms with Crippen molar-refractivity contribution in [1.29, 1.82) is 0 Å². The summed E-state index contributed by atoms with van der Waals surface area (Å²) in [6, 6.07) is 3.63. The summed E-state index contributed by atoms with van der Waals surface area (Å²) < 4.78 is 10.2. The second kappa shape index (κ2) is 4.67. The molecule has 0 bridgehead atoms. The second-order valence-electron chi connectivity index (χ2n) is 3.51. The number of hydrogen-bond acceptors (Lipinski definition) is 5. The zero-order chi connectivity index (χ0) is 11.5. The molecule has 0 aliphatic carbocycles. The lowest BCUT2D eigenvalue weighted by molar-refractivity contribution is 0.406. The molecular weight excluding hydrogens is 230 g/mol. The first-order valence-corrected chi connectivity index (χ1v) is 5.32. The van der Waals surface area contributed by atoms with Gasteiger partial charge in [0.25, 0.3) is 5.89 Å². The highest BCUT2D eigenvalue weighted by atomic mass is 35.5. The van der Waals surface area contributed by atoms with Gasteiger partial charge in [-0.2, -0.15) is 4.98 Å². The molecule has 0 amide bonds. The smallest absolute Gasteiger partial charge is 0.293 e. The highest BCUT2D eigenvalue weighted by Gasteiger charge is 2.13. The summed E-state index contributed by atoms with van der Waals surface area (Å²) >= 11 is 5.66. The predicted octanol–water partition coefficient (Wildman–Crippen LogP) is 2.13. The Morgan fingerprint density at radius 1 is 1.50 bits per heavy atom. The van der Waals surface area contributed by atoms with Crippen LogP contribution >= 0.6 is 11.6 Å². The van der Waals surface area contributed by atoms with Gasteiger partial charge in [-0.3, -0.25) is 0 Å². The van der Waals surface area contributed by atoms with E-state index < -0.39 is 0 Å². The molecule has 16 heavy (non-hydrogen) atoms. The van der Waals surface area contributed by atoms with Crippen LogP contribution in [0.4, 0.5) is 0 Å². The molecule has 0 saturated carbocycles. The normalized spacial score (nSPS) is 12.9. The Balaban J connectivity index is 2.13. The van der Waals surface area contributed by atoms with Crippen LogP contribution < -0.4 is 5.32 Å². The minimum atomic E-state index is 0.297. The van der Waals surface area contributed by atoms with Gasteiger partial charge in [0.2, 0.25) is 0 Å². The molecule has 2 rings (SSSR count). The van der Waals surface area contributed by atoms with E-state index in [1.807, 2.05) is 14.0 Å². The third-order valence-electron chi connectivity index (χ3n) is 2.23. The van der Waals surface area contributed by atoms with Crippen LogP contribution in [0.5, 0.6) is 0 Å². The predicted molar refractivity (Wildman–Crippen MR) is 59.2 cm³/mol. The molecule has 0 saturated heterocycles. The number of furan rings is 1. The summed E-state index contributed by atoms with van der Waals surface area (Å²) in [5, 5.41) is 7.26. The first-order chi connectivity index (χ1) is 7.69. The van der Waals surface area contributed by atoms with Gasteiger partial charge in [0, 0.05) is 12.5 Å². The Labute approximate surface area is 97.8 Å². The summed E-state index contributed by atoms with van der Waals surface area (Å²) in [7, 11) is 1.89. The van der Waals surface area contributed by atoms with E-state index in [4.69, 9.17) is 20.5 Å². The van der Waals surface area contributed by atoms with Crippen LogP contribution in [0.1, 0.15) is 12.7 Å². The molecule has 1 unspecified atom stereocenters. The molecule has 5 nitrogen and oxygen atoms in total. The van der Waals surface area contributed by atoms with Crippen LogP contribution in [0.3, 0.4) is 0 Å². The Morgan fingerprint density at radius 2 is 2.31 bits per heavy atom. The number of nitrogens with one attached hydrogen (secondary N) is 1. The molecule has 0 aromatic carbocycles. The topological polar surface area (TPSA) is 64.1 Å². The summed E-state index contributed by atoms with van der Waals surface area (Å²) in [4.78, 5) is 4.21. The minimum absolute atomic E-state index is 0.297. The van der Waals surface area contributed by atoms with Crippen molar-refractivity contribution in [3.63, 3.8) is 0 Å². The number of halogens is 1. The molecule has 1 N–H and O–H groups in total. The molecule has 6 heteroatoms. The van der Waals surface area contributed by atoms with Crippen LogP contribution in [-0.2, 0) is 6.42 Å². The zero-order valence-corrected chi connectivity index (χ0v) is 9.78. The fraction of sp³-hybridized carbons (Fsp3) is 0.400. The number of rotatable bonds is 4. The van der Waals surface area contributed by atoms with E-state index in [0.29, 0.717) is 35.2 Å². The number of likely N-dealkylation sites (N-methyl/N-ethyl adjacent to an activating group) is 1. The molecule has 0 aliphatic rings. The summed E-state index contributed by atoms with van der Waals surface area (Å²) in [6.45, 7) is 2.04. The highest BCUT2D eigenvalue weighted by Crippen LogP contribution is 2.23. The van der Waals surface area contributed by atoms with E-state index in [9.17, 15) is 0 Å². The molecular formula is C10H12ClN3O2. The third-order valence-corrected chi connectivity index (χ3v) is 2.44. The van der Waals surface area contributed by atoms with Crippen molar-refractivity contribution in [2.24, 2.45) is 0 Å². The van der Waals surface area contributed by atoms with E-state index in [1.165, 1.54) is 0 Å². The van der Waals surface area contributed by atoms with Crippen molar-refractivity contribution in [3.8, 4) is 11.7 Å². The van der Waals surface area contributed by atoms with Crippen molar-refractivity contribution in [2.75, 3.05) is 7.05 Å². The van der Waals surface area contributed by atoms with E-state index >= 15 is 0 Å². The lowest BCUT2D eigenvalue weighted by Crippen LogP contribution is -2.24. The molecule has 86 valence electrons. The van der Waals surface area contributed by atoms with Crippen molar-refractivity contribution in [1.82, 2.24) is 15.5 Å². The van der Waals surface area contributed by atoms with Gasteiger partial charge in [0.1, 0.15) is 0 Å². The largest absolute Gasteiger partial charge is 0.440 e. The summed E-state index contributed by atoms with van der Waals surface area (Å²) in [6.07, 6.45) is 0.703. The summed E-state index contributed by atoms with van der Waals surface area (Å²) in [5.74, 6) is 1.48. The molecule has 0 aliphatic heterocycles. The maximum Gasteiger partial charge on any atom is 0.293 e. The van der Waals surface area contributed by atoms with Crippen molar-refractivity contribution >= 4 is 11.6 Å². The maximum absolute atomic E-state index is 5.66. The van der Waals surface area contributed by atoms with Gasteiger partial charge in [0.15, 0.2) is 16.8 Å². The average Bonchev–Trinajstić information content (AvgIpc) is 2.87. The van der Waals surface area contributed by atoms with Crippen molar-refractivity contribution in [2.45, 2.75) is 19.4 Å². The van der Waals surface area contributed by atoms with Gasteiger partial charge >= 0.3 is 0 Å². The number of hydrogen-bond donors (Lipinski definition) is 1. The van der Waals surface area contributed by atoms with E-state index in [2.05, 4.69) is 15.5 Å². The SMILES string of the molecule is CNC(C)Cc1noc(-c2ccc(Cl)o2)n1. The van der Waals surface area contributed by atoms with Gasteiger partial charge in [-0.25, -0.2) is 0 Å². The molecule has 2 aromatic rings. The molecule has 2 aromatic heterocycles. The molecule has 0 radical (unpaired) electrons. The fourth-order valence-corrected chi connectivity index (χ4v) is 1.39. The first kappa shape index (κ1) is 11.2. The standard InChI is InChI=1S/C10H12ClN3O2/c1-6(12-2)5-9-13-10(16-14-9)7-3-4-8(11)15-7/h3-4,6,12H,5H2,1-2H3. The minimum Gasteiger partial charge on any atom is -0.440 e.